The van der Waals surface area contributed by atoms with E-state index < -0.39 is 0 Å². The minimum atomic E-state index is 0.393. The molecule has 0 aliphatic heterocycles. The Balaban J connectivity index is 2.69. The molecular formula is C12H16ClN3. The van der Waals surface area contributed by atoms with Gasteiger partial charge >= 0.3 is 0 Å². The molecule has 0 bridgehead atoms. The third kappa shape index (κ3) is 3.80. The summed E-state index contributed by atoms with van der Waals surface area (Å²) < 4.78 is 0. The molecule has 0 radical (unpaired) electrons. The molecule has 0 N–H and O–H groups in total. The molecule has 0 aliphatic carbocycles. The number of nitriles is 1. The maximum Gasteiger partial charge on any atom is 0.133 e. The molecule has 0 atom stereocenters. The first kappa shape index (κ1) is 13.0. The Morgan fingerprint density at radius 3 is 2.88 bits per heavy atom. The zero-order valence-corrected chi connectivity index (χ0v) is 10.4. The van der Waals surface area contributed by atoms with E-state index in [9.17, 15) is 0 Å². The van der Waals surface area contributed by atoms with Crippen molar-refractivity contribution >= 4 is 11.6 Å². The summed E-state index contributed by atoms with van der Waals surface area (Å²) >= 11 is 6.00. The molecule has 4 heteroatoms. The maximum absolute atomic E-state index is 8.60. The number of aromatic nitrogens is 1. The first-order valence-electron chi connectivity index (χ1n) is 5.35. The third-order valence-electron chi connectivity index (χ3n) is 2.45. The van der Waals surface area contributed by atoms with Crippen molar-refractivity contribution in [1.82, 2.24) is 9.88 Å². The standard InChI is InChI=1S/C12H16ClN3/c1-10(2)16(8-4-6-14)9-11-5-3-7-15-12(11)13/h3,5,7,10H,4,8-9H2,1-2H3. The first-order chi connectivity index (χ1) is 7.65. The SMILES string of the molecule is CC(C)N(CCC#N)Cc1cccnc1Cl. The molecule has 0 aromatic carbocycles. The van der Waals surface area contributed by atoms with Crippen LogP contribution < -0.4 is 0 Å². The van der Waals surface area contributed by atoms with Crippen LogP contribution in [0, 0.1) is 11.3 Å². The lowest BCUT2D eigenvalue weighted by molar-refractivity contribution is 0.217. The van der Waals surface area contributed by atoms with E-state index in [1.807, 2.05) is 12.1 Å². The molecule has 0 unspecified atom stereocenters. The van der Waals surface area contributed by atoms with Gasteiger partial charge in [0.1, 0.15) is 5.15 Å². The van der Waals surface area contributed by atoms with Crippen LogP contribution in [0.15, 0.2) is 18.3 Å². The van der Waals surface area contributed by atoms with Crippen LogP contribution in [0.1, 0.15) is 25.8 Å². The Morgan fingerprint density at radius 2 is 2.31 bits per heavy atom. The van der Waals surface area contributed by atoms with Gasteiger partial charge in [-0.05, 0) is 19.9 Å². The Kier molecular flexibility index (Phi) is 5.24. The van der Waals surface area contributed by atoms with Gasteiger partial charge in [-0.25, -0.2) is 4.98 Å². The van der Waals surface area contributed by atoms with Gasteiger partial charge in [-0.1, -0.05) is 17.7 Å². The number of hydrogen-bond donors (Lipinski definition) is 0. The van der Waals surface area contributed by atoms with Gasteiger partial charge in [0.2, 0.25) is 0 Å². The second-order valence-corrected chi connectivity index (χ2v) is 4.28. The highest BCUT2D eigenvalue weighted by atomic mass is 35.5. The summed E-state index contributed by atoms with van der Waals surface area (Å²) in [6.07, 6.45) is 2.22. The van der Waals surface area contributed by atoms with E-state index in [1.165, 1.54) is 0 Å². The molecule has 0 saturated heterocycles. The number of nitrogens with zero attached hydrogens (tertiary/aromatic N) is 3. The molecule has 1 aromatic heterocycles. The largest absolute Gasteiger partial charge is 0.296 e. The van der Waals surface area contributed by atoms with Crippen molar-refractivity contribution in [3.05, 3.63) is 29.0 Å². The van der Waals surface area contributed by atoms with E-state index in [0.717, 1.165) is 18.7 Å². The van der Waals surface area contributed by atoms with Crippen LogP contribution in [0.2, 0.25) is 5.15 Å². The molecule has 1 rings (SSSR count). The van der Waals surface area contributed by atoms with Gasteiger partial charge in [-0.15, -0.1) is 0 Å². The van der Waals surface area contributed by atoms with Crippen molar-refractivity contribution in [3.63, 3.8) is 0 Å². The van der Waals surface area contributed by atoms with Crippen molar-refractivity contribution in [3.8, 4) is 6.07 Å². The van der Waals surface area contributed by atoms with Crippen LogP contribution in [0.3, 0.4) is 0 Å². The number of hydrogen-bond acceptors (Lipinski definition) is 3. The van der Waals surface area contributed by atoms with E-state index in [-0.39, 0.29) is 0 Å². The average molecular weight is 238 g/mol. The van der Waals surface area contributed by atoms with Crippen LogP contribution in [0.5, 0.6) is 0 Å². The highest BCUT2D eigenvalue weighted by Gasteiger charge is 2.11. The quantitative estimate of drug-likeness (QED) is 0.740. The summed E-state index contributed by atoms with van der Waals surface area (Å²) in [5, 5.41) is 9.15. The smallest absolute Gasteiger partial charge is 0.133 e. The first-order valence-corrected chi connectivity index (χ1v) is 5.73. The summed E-state index contributed by atoms with van der Waals surface area (Å²) in [6, 6.07) is 6.40. The Bertz CT molecular complexity index is 371. The normalized spacial score (nSPS) is 10.8. The molecular weight excluding hydrogens is 222 g/mol. The Morgan fingerprint density at radius 1 is 1.56 bits per heavy atom. The van der Waals surface area contributed by atoms with E-state index in [2.05, 4.69) is 29.8 Å². The van der Waals surface area contributed by atoms with Crippen LogP contribution in [-0.2, 0) is 6.54 Å². The molecule has 3 nitrogen and oxygen atoms in total. The van der Waals surface area contributed by atoms with Crippen LogP contribution in [0.25, 0.3) is 0 Å². The predicted octanol–water partition coefficient (Wildman–Crippen LogP) is 2.86. The average Bonchev–Trinajstić information content (AvgIpc) is 2.26. The number of pyridine rings is 1. The topological polar surface area (TPSA) is 39.9 Å². The number of rotatable bonds is 5. The molecule has 1 aromatic rings. The zero-order chi connectivity index (χ0) is 12.0. The molecule has 86 valence electrons. The van der Waals surface area contributed by atoms with Gasteiger partial charge in [0, 0.05) is 37.3 Å². The lowest BCUT2D eigenvalue weighted by Gasteiger charge is -2.25. The van der Waals surface area contributed by atoms with E-state index in [0.29, 0.717) is 17.6 Å². The summed E-state index contributed by atoms with van der Waals surface area (Å²) in [6.45, 7) is 5.73. The molecule has 0 fully saturated rings. The highest BCUT2D eigenvalue weighted by Crippen LogP contribution is 2.15. The van der Waals surface area contributed by atoms with Gasteiger partial charge in [0.05, 0.1) is 6.07 Å². The van der Waals surface area contributed by atoms with E-state index in [1.54, 1.807) is 6.20 Å². The monoisotopic (exact) mass is 237 g/mol. The molecule has 0 spiro atoms. The maximum atomic E-state index is 8.60. The predicted molar refractivity (Wildman–Crippen MR) is 65.0 cm³/mol. The van der Waals surface area contributed by atoms with Crippen molar-refractivity contribution in [2.24, 2.45) is 0 Å². The van der Waals surface area contributed by atoms with Crippen molar-refractivity contribution in [2.45, 2.75) is 32.9 Å². The van der Waals surface area contributed by atoms with Gasteiger partial charge < -0.3 is 0 Å². The summed E-state index contributed by atoms with van der Waals surface area (Å²) in [7, 11) is 0. The fraction of sp³-hybridized carbons (Fsp3) is 0.500. The lowest BCUT2D eigenvalue weighted by Crippen LogP contribution is -2.31. The van der Waals surface area contributed by atoms with Gasteiger partial charge in [-0.3, -0.25) is 4.90 Å². The summed E-state index contributed by atoms with van der Waals surface area (Å²) in [5.41, 5.74) is 1.01. The third-order valence-corrected chi connectivity index (χ3v) is 2.79. The fourth-order valence-corrected chi connectivity index (χ4v) is 1.65. The Labute approximate surface area is 102 Å². The van der Waals surface area contributed by atoms with Gasteiger partial charge in [0.15, 0.2) is 0 Å². The van der Waals surface area contributed by atoms with Gasteiger partial charge in [0.25, 0.3) is 0 Å². The van der Waals surface area contributed by atoms with E-state index >= 15 is 0 Å². The molecule has 0 saturated carbocycles. The van der Waals surface area contributed by atoms with Crippen molar-refractivity contribution in [2.75, 3.05) is 6.54 Å². The highest BCUT2D eigenvalue weighted by molar-refractivity contribution is 6.30. The van der Waals surface area contributed by atoms with E-state index in [4.69, 9.17) is 16.9 Å². The molecule has 1 heterocycles. The number of halogens is 1. The Hall–Kier alpha value is -1.11. The second kappa shape index (κ2) is 6.47. The van der Waals surface area contributed by atoms with Crippen molar-refractivity contribution < 1.29 is 0 Å². The minimum Gasteiger partial charge on any atom is -0.296 e. The molecule has 0 amide bonds. The van der Waals surface area contributed by atoms with Gasteiger partial charge in [-0.2, -0.15) is 5.26 Å². The lowest BCUT2D eigenvalue weighted by atomic mass is 10.2. The van der Waals surface area contributed by atoms with Crippen LogP contribution in [-0.4, -0.2) is 22.5 Å². The second-order valence-electron chi connectivity index (χ2n) is 3.93. The van der Waals surface area contributed by atoms with Crippen molar-refractivity contribution in [1.29, 1.82) is 5.26 Å². The minimum absolute atomic E-state index is 0.393. The summed E-state index contributed by atoms with van der Waals surface area (Å²) in [4.78, 5) is 6.26. The fourth-order valence-electron chi connectivity index (χ4n) is 1.47. The molecule has 0 aliphatic rings. The van der Waals surface area contributed by atoms with Crippen LogP contribution in [0.4, 0.5) is 0 Å². The zero-order valence-electron chi connectivity index (χ0n) is 9.65. The van der Waals surface area contributed by atoms with Crippen LogP contribution >= 0.6 is 11.6 Å². The molecule has 16 heavy (non-hydrogen) atoms. The summed E-state index contributed by atoms with van der Waals surface area (Å²) in [5.74, 6) is 0.